The quantitative estimate of drug-likeness (QED) is 0.639. The second-order valence-corrected chi connectivity index (χ2v) is 6.62. The Balaban J connectivity index is 2.17. The number of aliphatic hydroxyl groups is 2. The maximum Gasteiger partial charge on any atom is 0.309 e. The number of ketones is 1. The van der Waals surface area contributed by atoms with E-state index < -0.39 is 17.3 Å². The molecule has 1 saturated heterocycles. The van der Waals surface area contributed by atoms with Gasteiger partial charge in [0.05, 0.1) is 11.5 Å². The Morgan fingerprint density at radius 3 is 2.60 bits per heavy atom. The van der Waals surface area contributed by atoms with Gasteiger partial charge in [0.1, 0.15) is 11.7 Å². The molecule has 0 aromatic rings. The molecule has 2 aliphatic carbocycles. The van der Waals surface area contributed by atoms with Crippen LogP contribution >= 0.6 is 0 Å². The lowest BCUT2D eigenvalue weighted by molar-refractivity contribution is -0.148. The van der Waals surface area contributed by atoms with Crippen molar-refractivity contribution in [3.8, 4) is 0 Å². The highest BCUT2D eigenvalue weighted by molar-refractivity contribution is 6.01. The van der Waals surface area contributed by atoms with Crippen molar-refractivity contribution >= 4 is 11.8 Å². The van der Waals surface area contributed by atoms with E-state index in [1.165, 1.54) is 0 Å². The molecule has 1 aliphatic heterocycles. The average Bonchev–Trinajstić information content (AvgIpc) is 2.71. The molecular formula is C15H20O5. The fourth-order valence-electron chi connectivity index (χ4n) is 3.94. The minimum atomic E-state index is -1.61. The Hall–Kier alpha value is -1.20. The summed E-state index contributed by atoms with van der Waals surface area (Å²) in [6.45, 7) is 5.01. The molecular weight excluding hydrogens is 260 g/mol. The molecule has 1 heterocycles. The molecule has 5 atom stereocenters. The minimum absolute atomic E-state index is 0.0844. The van der Waals surface area contributed by atoms with Gasteiger partial charge in [0.2, 0.25) is 0 Å². The molecule has 0 radical (unpaired) electrons. The van der Waals surface area contributed by atoms with E-state index in [1.807, 2.05) is 0 Å². The molecule has 3 rings (SSSR count). The number of hydrogen-bond donors (Lipinski definition) is 2. The molecule has 0 unspecified atom stereocenters. The van der Waals surface area contributed by atoms with Gasteiger partial charge in [0, 0.05) is 17.9 Å². The van der Waals surface area contributed by atoms with Crippen molar-refractivity contribution in [3.05, 3.63) is 11.1 Å². The summed E-state index contributed by atoms with van der Waals surface area (Å²) in [5.74, 6) is -0.824. The van der Waals surface area contributed by atoms with Crippen LogP contribution in [0, 0.1) is 11.8 Å². The third-order valence-corrected chi connectivity index (χ3v) is 5.47. The van der Waals surface area contributed by atoms with E-state index in [2.05, 4.69) is 0 Å². The molecule has 110 valence electrons. The molecule has 0 spiro atoms. The molecule has 2 fully saturated rings. The predicted octanol–water partition coefficient (Wildman–Crippen LogP) is 0.729. The van der Waals surface area contributed by atoms with E-state index >= 15 is 0 Å². The lowest BCUT2D eigenvalue weighted by Crippen LogP contribution is -2.53. The largest absolute Gasteiger partial charge is 0.457 e. The van der Waals surface area contributed by atoms with Crippen LogP contribution in [-0.2, 0) is 14.3 Å². The van der Waals surface area contributed by atoms with Crippen LogP contribution in [0.25, 0.3) is 0 Å². The van der Waals surface area contributed by atoms with Crippen LogP contribution in [0.4, 0.5) is 0 Å². The van der Waals surface area contributed by atoms with Gasteiger partial charge in [0.15, 0.2) is 5.78 Å². The Labute approximate surface area is 117 Å². The van der Waals surface area contributed by atoms with Crippen LogP contribution in [-0.4, -0.2) is 39.3 Å². The van der Waals surface area contributed by atoms with Crippen LogP contribution in [0.2, 0.25) is 0 Å². The van der Waals surface area contributed by atoms with Crippen LogP contribution in [0.1, 0.15) is 40.0 Å². The molecule has 20 heavy (non-hydrogen) atoms. The van der Waals surface area contributed by atoms with E-state index in [0.717, 1.165) is 0 Å². The number of rotatable bonds is 0. The number of hydrogen-bond acceptors (Lipinski definition) is 5. The van der Waals surface area contributed by atoms with Crippen molar-refractivity contribution in [2.24, 2.45) is 11.8 Å². The van der Waals surface area contributed by atoms with Gasteiger partial charge in [-0.25, -0.2) is 0 Å². The molecule has 0 amide bonds. The second-order valence-electron chi connectivity index (χ2n) is 6.62. The Morgan fingerprint density at radius 1 is 1.30 bits per heavy atom. The van der Waals surface area contributed by atoms with Crippen molar-refractivity contribution in [1.29, 1.82) is 0 Å². The third kappa shape index (κ3) is 1.50. The second kappa shape index (κ2) is 3.92. The number of carbonyl (C=O) groups excluding carboxylic acids is 2. The molecule has 5 heteroatoms. The first-order valence-corrected chi connectivity index (χ1v) is 7.09. The van der Waals surface area contributed by atoms with E-state index in [9.17, 15) is 19.8 Å². The zero-order valence-electron chi connectivity index (χ0n) is 12.0. The van der Waals surface area contributed by atoms with Gasteiger partial charge in [-0.15, -0.1) is 0 Å². The SMILES string of the molecule is CC1=C2[C@H]3OC(=O)[C@@H](C)[C@@H]3CC[C@](C)(O)[C@@]2(O)CC1=O. The summed E-state index contributed by atoms with van der Waals surface area (Å²) in [4.78, 5) is 23.8. The summed E-state index contributed by atoms with van der Waals surface area (Å²) in [6.07, 6.45) is 0.229. The molecule has 0 bridgehead atoms. The van der Waals surface area contributed by atoms with Crippen molar-refractivity contribution in [1.82, 2.24) is 0 Å². The predicted molar refractivity (Wildman–Crippen MR) is 69.7 cm³/mol. The average molecular weight is 280 g/mol. The topological polar surface area (TPSA) is 83.8 Å². The summed E-state index contributed by atoms with van der Waals surface area (Å²) in [7, 11) is 0. The van der Waals surface area contributed by atoms with Crippen LogP contribution in [0.15, 0.2) is 11.1 Å². The monoisotopic (exact) mass is 280 g/mol. The maximum absolute atomic E-state index is 12.0. The number of Topliss-reactive ketones (excluding diaryl/α,β-unsaturated/α-hetero) is 1. The molecule has 2 N–H and O–H groups in total. The van der Waals surface area contributed by atoms with E-state index in [4.69, 9.17) is 4.74 Å². The summed E-state index contributed by atoms with van der Waals surface area (Å²) in [5.41, 5.74) is -2.14. The molecule has 0 aromatic heterocycles. The molecule has 5 nitrogen and oxygen atoms in total. The number of fused-ring (bicyclic) bond motifs is 3. The number of allylic oxidation sites excluding steroid dienone is 1. The van der Waals surface area contributed by atoms with E-state index in [-0.39, 0.29) is 30.0 Å². The highest BCUT2D eigenvalue weighted by atomic mass is 16.6. The Kier molecular flexibility index (Phi) is 2.70. The van der Waals surface area contributed by atoms with Crippen LogP contribution in [0.3, 0.4) is 0 Å². The lowest BCUT2D eigenvalue weighted by Gasteiger charge is -2.39. The smallest absolute Gasteiger partial charge is 0.309 e. The summed E-state index contributed by atoms with van der Waals surface area (Å²) < 4.78 is 5.43. The first-order valence-electron chi connectivity index (χ1n) is 7.09. The van der Waals surface area contributed by atoms with Gasteiger partial charge in [-0.05, 0) is 32.3 Å². The molecule has 1 saturated carbocycles. The van der Waals surface area contributed by atoms with Gasteiger partial charge >= 0.3 is 5.97 Å². The molecule has 0 aromatic carbocycles. The summed E-state index contributed by atoms with van der Waals surface area (Å²) in [5, 5.41) is 21.6. The highest BCUT2D eigenvalue weighted by Crippen LogP contribution is 2.53. The minimum Gasteiger partial charge on any atom is -0.457 e. The van der Waals surface area contributed by atoms with E-state index in [0.29, 0.717) is 24.0 Å². The fraction of sp³-hybridized carbons (Fsp3) is 0.733. The van der Waals surface area contributed by atoms with Crippen molar-refractivity contribution < 1.29 is 24.5 Å². The van der Waals surface area contributed by atoms with Crippen molar-refractivity contribution in [2.45, 2.75) is 57.3 Å². The Morgan fingerprint density at radius 2 is 1.95 bits per heavy atom. The van der Waals surface area contributed by atoms with Crippen LogP contribution in [0.5, 0.6) is 0 Å². The number of ether oxygens (including phenoxy) is 1. The number of esters is 1. The van der Waals surface area contributed by atoms with Crippen molar-refractivity contribution in [2.75, 3.05) is 0 Å². The first kappa shape index (κ1) is 13.8. The highest BCUT2D eigenvalue weighted by Gasteiger charge is 2.62. The van der Waals surface area contributed by atoms with Crippen LogP contribution < -0.4 is 0 Å². The normalized spacial score (nSPS) is 48.0. The van der Waals surface area contributed by atoms with Gasteiger partial charge in [-0.1, -0.05) is 6.92 Å². The van der Waals surface area contributed by atoms with Gasteiger partial charge in [-0.3, -0.25) is 9.59 Å². The standard InChI is InChI=1S/C15H20O5/c1-7-9-4-5-14(3,18)15(19)6-10(16)8(2)11(15)12(9)20-13(7)17/h7,9,12,18-19H,4-6H2,1-3H3/t7-,9-,12-,14-,15+/m0/s1. The van der Waals surface area contributed by atoms with Gasteiger partial charge in [-0.2, -0.15) is 0 Å². The summed E-state index contributed by atoms with van der Waals surface area (Å²) >= 11 is 0. The van der Waals surface area contributed by atoms with E-state index in [1.54, 1.807) is 20.8 Å². The third-order valence-electron chi connectivity index (χ3n) is 5.47. The summed E-state index contributed by atoms with van der Waals surface area (Å²) in [6, 6.07) is 0. The Bertz CT molecular complexity index is 532. The van der Waals surface area contributed by atoms with Gasteiger partial charge in [0.25, 0.3) is 0 Å². The molecule has 3 aliphatic rings. The zero-order valence-corrected chi connectivity index (χ0v) is 12.0. The zero-order chi connectivity index (χ0) is 14.9. The number of carbonyl (C=O) groups is 2. The fourth-order valence-corrected chi connectivity index (χ4v) is 3.94. The maximum atomic E-state index is 12.0. The lowest BCUT2D eigenvalue weighted by atomic mass is 9.77. The first-order chi connectivity index (χ1) is 9.19. The van der Waals surface area contributed by atoms with Crippen molar-refractivity contribution in [3.63, 3.8) is 0 Å². The van der Waals surface area contributed by atoms with Gasteiger partial charge < -0.3 is 14.9 Å².